The summed E-state index contributed by atoms with van der Waals surface area (Å²) in [4.78, 5) is 16.9. The summed E-state index contributed by atoms with van der Waals surface area (Å²) < 4.78 is 0. The van der Waals surface area contributed by atoms with Crippen molar-refractivity contribution in [3.63, 3.8) is 0 Å². The van der Waals surface area contributed by atoms with Gasteiger partial charge in [-0.15, -0.1) is 0 Å². The topological polar surface area (TPSA) is 71.3 Å². The van der Waals surface area contributed by atoms with Crippen LogP contribution in [0, 0.1) is 17.0 Å². The van der Waals surface area contributed by atoms with Crippen molar-refractivity contribution in [3.05, 3.63) is 27.9 Å². The average molecular weight is 236 g/mol. The number of hydrogen-bond donors (Lipinski definition) is 1. The number of nitro groups is 1. The van der Waals surface area contributed by atoms with Crippen LogP contribution < -0.4 is 10.2 Å². The molecule has 1 N–H and O–H groups in total. The van der Waals surface area contributed by atoms with Gasteiger partial charge in [0.2, 0.25) is 5.82 Å². The molecule has 0 aliphatic carbocycles. The Kier molecular flexibility index (Phi) is 3.23. The van der Waals surface area contributed by atoms with Crippen molar-refractivity contribution in [2.24, 2.45) is 0 Å². The van der Waals surface area contributed by atoms with Gasteiger partial charge in [-0.25, -0.2) is 4.98 Å². The molecule has 1 aliphatic heterocycles. The molecule has 1 atom stereocenters. The molecule has 17 heavy (non-hydrogen) atoms. The molecule has 2 heterocycles. The predicted octanol–water partition coefficient (Wildman–Crippen LogP) is 1.10. The molecule has 1 unspecified atom stereocenters. The zero-order valence-corrected chi connectivity index (χ0v) is 10.0. The van der Waals surface area contributed by atoms with Gasteiger partial charge in [-0.2, -0.15) is 0 Å². The number of anilines is 1. The van der Waals surface area contributed by atoms with Crippen molar-refractivity contribution in [2.45, 2.75) is 19.9 Å². The zero-order valence-electron chi connectivity index (χ0n) is 10.0. The fraction of sp³-hybridized carbons (Fsp3) is 0.545. The fourth-order valence-corrected chi connectivity index (χ4v) is 2.12. The third kappa shape index (κ3) is 2.36. The minimum atomic E-state index is -0.343. The highest BCUT2D eigenvalue weighted by molar-refractivity contribution is 5.61. The number of rotatable bonds is 2. The molecular weight excluding hydrogens is 220 g/mol. The Morgan fingerprint density at radius 1 is 1.65 bits per heavy atom. The molecule has 0 amide bonds. The number of hydrogen-bond acceptors (Lipinski definition) is 5. The van der Waals surface area contributed by atoms with Crippen molar-refractivity contribution in [3.8, 4) is 0 Å². The average Bonchev–Trinajstić information content (AvgIpc) is 2.28. The Morgan fingerprint density at radius 2 is 2.41 bits per heavy atom. The van der Waals surface area contributed by atoms with E-state index in [0.717, 1.165) is 19.6 Å². The summed E-state index contributed by atoms with van der Waals surface area (Å²) in [6, 6.07) is 2.00. The molecule has 1 saturated heterocycles. The fourth-order valence-electron chi connectivity index (χ4n) is 2.12. The van der Waals surface area contributed by atoms with Gasteiger partial charge in [0.25, 0.3) is 0 Å². The van der Waals surface area contributed by atoms with E-state index in [4.69, 9.17) is 0 Å². The van der Waals surface area contributed by atoms with Crippen LogP contribution in [0.5, 0.6) is 0 Å². The number of nitrogens with zero attached hydrogens (tertiary/aromatic N) is 3. The van der Waals surface area contributed by atoms with E-state index in [1.54, 1.807) is 19.2 Å². The summed E-state index contributed by atoms with van der Waals surface area (Å²) >= 11 is 0. The summed E-state index contributed by atoms with van der Waals surface area (Å²) in [6.45, 7) is 6.13. The maximum Gasteiger partial charge on any atom is 0.314 e. The smallest absolute Gasteiger partial charge is 0.314 e. The van der Waals surface area contributed by atoms with E-state index in [-0.39, 0.29) is 10.6 Å². The molecule has 1 fully saturated rings. The molecule has 0 bridgehead atoms. The summed E-state index contributed by atoms with van der Waals surface area (Å²) in [5.41, 5.74) is 0.785. The van der Waals surface area contributed by atoms with Crippen LogP contribution in [-0.2, 0) is 0 Å². The van der Waals surface area contributed by atoms with Gasteiger partial charge in [0, 0.05) is 37.4 Å². The van der Waals surface area contributed by atoms with Crippen molar-refractivity contribution >= 4 is 11.5 Å². The number of pyridine rings is 1. The molecule has 1 aliphatic rings. The van der Waals surface area contributed by atoms with E-state index in [2.05, 4.69) is 17.2 Å². The van der Waals surface area contributed by atoms with Crippen LogP contribution in [0.2, 0.25) is 0 Å². The first-order chi connectivity index (χ1) is 8.09. The quantitative estimate of drug-likeness (QED) is 0.615. The van der Waals surface area contributed by atoms with Gasteiger partial charge < -0.3 is 10.2 Å². The predicted molar refractivity (Wildman–Crippen MR) is 65.3 cm³/mol. The van der Waals surface area contributed by atoms with Crippen LogP contribution in [0.25, 0.3) is 0 Å². The van der Waals surface area contributed by atoms with Gasteiger partial charge in [-0.3, -0.25) is 10.1 Å². The second kappa shape index (κ2) is 4.67. The normalized spacial score (nSPS) is 20.4. The number of aromatic nitrogens is 1. The van der Waals surface area contributed by atoms with E-state index in [9.17, 15) is 10.1 Å². The first-order valence-electron chi connectivity index (χ1n) is 5.68. The standard InChI is InChI=1S/C11H16N4O2/c1-8-3-4-13-11(10(8)15(16)17)14-6-5-12-9(2)7-14/h3-4,9,12H,5-7H2,1-2H3. The lowest BCUT2D eigenvalue weighted by Gasteiger charge is -2.32. The Hall–Kier alpha value is -1.69. The Morgan fingerprint density at radius 3 is 3.06 bits per heavy atom. The molecule has 1 aromatic heterocycles. The van der Waals surface area contributed by atoms with Gasteiger partial charge in [-0.1, -0.05) is 0 Å². The summed E-state index contributed by atoms with van der Waals surface area (Å²) in [7, 11) is 0. The highest BCUT2D eigenvalue weighted by Gasteiger charge is 2.26. The Bertz CT molecular complexity index is 435. The minimum absolute atomic E-state index is 0.126. The van der Waals surface area contributed by atoms with Crippen molar-refractivity contribution in [1.29, 1.82) is 0 Å². The minimum Gasteiger partial charge on any atom is -0.348 e. The summed E-state index contributed by atoms with van der Waals surface area (Å²) in [5, 5.41) is 14.4. The highest BCUT2D eigenvalue weighted by atomic mass is 16.6. The van der Waals surface area contributed by atoms with Gasteiger partial charge in [0.1, 0.15) is 0 Å². The summed E-state index contributed by atoms with van der Waals surface area (Å²) in [6.07, 6.45) is 1.63. The third-order valence-corrected chi connectivity index (χ3v) is 2.96. The third-order valence-electron chi connectivity index (χ3n) is 2.96. The van der Waals surface area contributed by atoms with Crippen LogP contribution >= 0.6 is 0 Å². The highest BCUT2D eigenvalue weighted by Crippen LogP contribution is 2.29. The van der Waals surface area contributed by atoms with Crippen molar-refractivity contribution in [2.75, 3.05) is 24.5 Å². The van der Waals surface area contributed by atoms with Crippen LogP contribution in [0.4, 0.5) is 11.5 Å². The van der Waals surface area contributed by atoms with Gasteiger partial charge in [0.05, 0.1) is 4.92 Å². The second-order valence-electron chi connectivity index (χ2n) is 4.36. The van der Waals surface area contributed by atoms with Crippen molar-refractivity contribution < 1.29 is 4.92 Å². The summed E-state index contributed by atoms with van der Waals surface area (Å²) in [5.74, 6) is 0.489. The lowest BCUT2D eigenvalue weighted by molar-refractivity contribution is -0.384. The van der Waals surface area contributed by atoms with E-state index < -0.39 is 0 Å². The first-order valence-corrected chi connectivity index (χ1v) is 5.68. The van der Waals surface area contributed by atoms with E-state index in [1.807, 2.05) is 4.90 Å². The molecule has 2 rings (SSSR count). The molecule has 6 nitrogen and oxygen atoms in total. The van der Waals surface area contributed by atoms with Crippen LogP contribution in [0.3, 0.4) is 0 Å². The molecule has 0 aromatic carbocycles. The van der Waals surface area contributed by atoms with E-state index >= 15 is 0 Å². The molecule has 0 saturated carbocycles. The van der Waals surface area contributed by atoms with Crippen LogP contribution in [0.1, 0.15) is 12.5 Å². The molecule has 92 valence electrons. The molecule has 0 spiro atoms. The molecular formula is C11H16N4O2. The van der Waals surface area contributed by atoms with Crippen LogP contribution in [0.15, 0.2) is 12.3 Å². The number of piperazine rings is 1. The monoisotopic (exact) mass is 236 g/mol. The zero-order chi connectivity index (χ0) is 12.4. The second-order valence-corrected chi connectivity index (χ2v) is 4.36. The largest absolute Gasteiger partial charge is 0.348 e. The lowest BCUT2D eigenvalue weighted by Crippen LogP contribution is -2.49. The first kappa shape index (κ1) is 11.8. The van der Waals surface area contributed by atoms with Gasteiger partial charge in [0.15, 0.2) is 0 Å². The van der Waals surface area contributed by atoms with Crippen LogP contribution in [-0.4, -0.2) is 35.6 Å². The van der Waals surface area contributed by atoms with E-state index in [0.29, 0.717) is 17.4 Å². The Balaban J connectivity index is 2.37. The van der Waals surface area contributed by atoms with Gasteiger partial charge in [-0.05, 0) is 19.9 Å². The SMILES string of the molecule is Cc1ccnc(N2CCNC(C)C2)c1[N+](=O)[O-]. The molecule has 0 radical (unpaired) electrons. The molecule has 6 heteroatoms. The lowest BCUT2D eigenvalue weighted by atomic mass is 10.2. The van der Waals surface area contributed by atoms with Crippen molar-refractivity contribution in [1.82, 2.24) is 10.3 Å². The molecule has 1 aromatic rings. The van der Waals surface area contributed by atoms with Gasteiger partial charge >= 0.3 is 5.69 Å². The Labute approximate surface area is 99.8 Å². The maximum absolute atomic E-state index is 11.1. The van der Waals surface area contributed by atoms with E-state index in [1.165, 1.54) is 0 Å². The number of nitrogens with one attached hydrogen (secondary N) is 1. The maximum atomic E-state index is 11.1. The number of aryl methyl sites for hydroxylation is 1.